The second-order valence-corrected chi connectivity index (χ2v) is 7.44. The molecule has 1 aliphatic rings. The van der Waals surface area contributed by atoms with E-state index >= 15 is 0 Å². The molecule has 25 heavy (non-hydrogen) atoms. The zero-order valence-electron chi connectivity index (χ0n) is 12.9. The lowest BCUT2D eigenvalue weighted by Crippen LogP contribution is -2.53. The first-order chi connectivity index (χ1) is 11.8. The summed E-state index contributed by atoms with van der Waals surface area (Å²) in [5.74, 6) is -1.54. The first-order valence-corrected chi connectivity index (χ1v) is 8.79. The smallest absolute Gasteiger partial charge is 0.289 e. The summed E-state index contributed by atoms with van der Waals surface area (Å²) >= 11 is 0. The minimum absolute atomic E-state index is 0.0572. The number of carboxylic acid groups (broad SMARTS) is 1. The number of carbonyl (C=O) groups is 1. The molecule has 0 fully saturated rings. The second-order valence-electron chi connectivity index (χ2n) is 5.58. The molecule has 0 radical (unpaired) electrons. The summed E-state index contributed by atoms with van der Waals surface area (Å²) in [5, 5.41) is 22.7. The van der Waals surface area contributed by atoms with Gasteiger partial charge in [0.05, 0.1) is 16.9 Å². The van der Waals surface area contributed by atoms with Crippen LogP contribution in [0.1, 0.15) is 11.1 Å². The fourth-order valence-corrected chi connectivity index (χ4v) is 4.62. The first kappa shape index (κ1) is 17.1. The van der Waals surface area contributed by atoms with Crippen molar-refractivity contribution in [1.82, 2.24) is 4.31 Å². The van der Waals surface area contributed by atoms with Crippen molar-refractivity contribution in [2.45, 2.75) is 23.9 Å². The summed E-state index contributed by atoms with van der Waals surface area (Å²) in [6.45, 7) is -0.191. The molecule has 9 heteroatoms. The van der Waals surface area contributed by atoms with E-state index in [9.17, 15) is 28.4 Å². The first-order valence-electron chi connectivity index (χ1n) is 7.35. The maximum Gasteiger partial charge on any atom is 0.289 e. The molecule has 0 aliphatic carbocycles. The molecular weight excluding hydrogens is 348 g/mol. The van der Waals surface area contributed by atoms with Crippen LogP contribution in [0.25, 0.3) is 0 Å². The Labute approximate surface area is 143 Å². The van der Waals surface area contributed by atoms with Gasteiger partial charge in [-0.15, -0.1) is 0 Å². The Kier molecular flexibility index (Phi) is 4.27. The predicted molar refractivity (Wildman–Crippen MR) is 84.8 cm³/mol. The van der Waals surface area contributed by atoms with Crippen molar-refractivity contribution >= 4 is 21.7 Å². The van der Waals surface area contributed by atoms with Crippen LogP contribution < -0.4 is 5.11 Å². The molecule has 0 N–H and O–H groups in total. The standard InChI is InChI=1S/C16H14N2O6S/c19-16(20)14-9-11-5-1-2-6-12(11)10-17(14)25(23,24)15-8-4-3-7-13(15)18(21)22/h1-8,14H,9-10H2,(H,19,20)/p-1/t14-/m1/s1. The average molecular weight is 361 g/mol. The quantitative estimate of drug-likeness (QED) is 0.576. The fourth-order valence-electron chi connectivity index (χ4n) is 2.90. The number of rotatable bonds is 4. The number of nitrogens with zero attached hydrogens (tertiary/aromatic N) is 2. The van der Waals surface area contributed by atoms with Crippen LogP contribution in [-0.4, -0.2) is 29.7 Å². The van der Waals surface area contributed by atoms with Crippen molar-refractivity contribution in [1.29, 1.82) is 0 Å². The van der Waals surface area contributed by atoms with Crippen molar-refractivity contribution in [3.63, 3.8) is 0 Å². The summed E-state index contributed by atoms with van der Waals surface area (Å²) < 4.78 is 26.7. The van der Waals surface area contributed by atoms with E-state index in [2.05, 4.69) is 0 Å². The lowest BCUT2D eigenvalue weighted by atomic mass is 9.96. The van der Waals surface area contributed by atoms with Gasteiger partial charge in [-0.1, -0.05) is 36.4 Å². The van der Waals surface area contributed by atoms with E-state index in [1.54, 1.807) is 24.3 Å². The SMILES string of the molecule is O=C([O-])[C@H]1Cc2ccccc2CN1S(=O)(=O)c1ccccc1[N+](=O)[O-]. The van der Waals surface area contributed by atoms with Gasteiger partial charge in [0.25, 0.3) is 15.7 Å². The van der Waals surface area contributed by atoms with E-state index in [1.165, 1.54) is 12.1 Å². The molecule has 0 bridgehead atoms. The number of para-hydroxylation sites is 1. The van der Waals surface area contributed by atoms with Crippen LogP contribution in [0, 0.1) is 10.1 Å². The van der Waals surface area contributed by atoms with E-state index in [1.807, 2.05) is 0 Å². The van der Waals surface area contributed by atoms with Crippen LogP contribution >= 0.6 is 0 Å². The van der Waals surface area contributed by atoms with Crippen LogP contribution in [0.3, 0.4) is 0 Å². The third kappa shape index (κ3) is 2.99. The van der Waals surface area contributed by atoms with Crippen molar-refractivity contribution < 1.29 is 23.2 Å². The number of carboxylic acids is 1. The summed E-state index contributed by atoms with van der Waals surface area (Å²) in [6, 6.07) is 10.3. The molecule has 0 saturated heterocycles. The second kappa shape index (κ2) is 6.26. The van der Waals surface area contributed by atoms with Crippen LogP contribution in [-0.2, 0) is 27.8 Å². The number of sulfonamides is 1. The summed E-state index contributed by atoms with van der Waals surface area (Å²) in [6.07, 6.45) is -0.0572. The average Bonchev–Trinajstić information content (AvgIpc) is 2.60. The number of carbonyl (C=O) groups excluding carboxylic acids is 1. The minimum atomic E-state index is -4.40. The van der Waals surface area contributed by atoms with Crippen LogP contribution in [0.4, 0.5) is 5.69 Å². The van der Waals surface area contributed by atoms with Crippen molar-refractivity contribution in [3.05, 3.63) is 69.8 Å². The van der Waals surface area contributed by atoms with Crippen LogP contribution in [0.15, 0.2) is 53.4 Å². The molecule has 2 aromatic carbocycles. The number of fused-ring (bicyclic) bond motifs is 1. The molecule has 1 atom stereocenters. The fraction of sp³-hybridized carbons (Fsp3) is 0.188. The predicted octanol–water partition coefficient (Wildman–Crippen LogP) is 0.460. The Balaban J connectivity index is 2.13. The molecule has 0 aromatic heterocycles. The van der Waals surface area contributed by atoms with E-state index in [0.29, 0.717) is 11.1 Å². The summed E-state index contributed by atoms with van der Waals surface area (Å²) in [4.78, 5) is 21.3. The third-order valence-corrected chi connectivity index (χ3v) is 6.03. The molecule has 0 saturated carbocycles. The molecule has 130 valence electrons. The highest BCUT2D eigenvalue weighted by atomic mass is 32.2. The number of hydrogen-bond acceptors (Lipinski definition) is 6. The Hall–Kier alpha value is -2.78. The highest BCUT2D eigenvalue weighted by molar-refractivity contribution is 7.89. The van der Waals surface area contributed by atoms with Gasteiger partial charge in [0.2, 0.25) is 0 Å². The van der Waals surface area contributed by atoms with Crippen molar-refractivity contribution in [2.24, 2.45) is 0 Å². The highest BCUT2D eigenvalue weighted by Crippen LogP contribution is 2.32. The molecule has 0 spiro atoms. The number of hydrogen-bond donors (Lipinski definition) is 0. The Morgan fingerprint density at radius 3 is 2.32 bits per heavy atom. The molecule has 3 rings (SSSR count). The highest BCUT2D eigenvalue weighted by Gasteiger charge is 2.39. The van der Waals surface area contributed by atoms with Crippen molar-refractivity contribution in [3.8, 4) is 0 Å². The molecule has 8 nitrogen and oxygen atoms in total. The largest absolute Gasteiger partial charge is 0.548 e. The van der Waals surface area contributed by atoms with Gasteiger partial charge in [-0.05, 0) is 23.6 Å². The van der Waals surface area contributed by atoms with Crippen LogP contribution in [0.2, 0.25) is 0 Å². The lowest BCUT2D eigenvalue weighted by molar-refractivity contribution is -0.387. The maximum atomic E-state index is 13.0. The third-order valence-electron chi connectivity index (χ3n) is 4.13. The van der Waals surface area contributed by atoms with Crippen LogP contribution in [0.5, 0.6) is 0 Å². The Morgan fingerprint density at radius 2 is 1.68 bits per heavy atom. The van der Waals surface area contributed by atoms with Gasteiger partial charge >= 0.3 is 0 Å². The van der Waals surface area contributed by atoms with Gasteiger partial charge < -0.3 is 9.90 Å². The monoisotopic (exact) mass is 361 g/mol. The van der Waals surface area contributed by atoms with E-state index in [4.69, 9.17) is 0 Å². The lowest BCUT2D eigenvalue weighted by Gasteiger charge is -2.36. The topological polar surface area (TPSA) is 121 Å². The van der Waals surface area contributed by atoms with Gasteiger partial charge in [0.15, 0.2) is 4.90 Å². The van der Waals surface area contributed by atoms with Gasteiger partial charge in [-0.25, -0.2) is 8.42 Å². The number of benzene rings is 2. The normalized spacial score (nSPS) is 17.7. The number of aliphatic carboxylic acids is 1. The number of nitro groups is 1. The molecular formula is C16H13N2O6S-. The minimum Gasteiger partial charge on any atom is -0.548 e. The molecule has 2 aromatic rings. The maximum absolute atomic E-state index is 13.0. The van der Waals surface area contributed by atoms with E-state index in [-0.39, 0.29) is 13.0 Å². The summed E-state index contributed by atoms with van der Waals surface area (Å²) in [7, 11) is -4.40. The van der Waals surface area contributed by atoms with Crippen molar-refractivity contribution in [2.75, 3.05) is 0 Å². The summed E-state index contributed by atoms with van der Waals surface area (Å²) in [5.41, 5.74) is 0.770. The zero-order chi connectivity index (χ0) is 18.2. The molecule has 1 aliphatic heterocycles. The van der Waals surface area contributed by atoms with Gasteiger partial charge in [-0.3, -0.25) is 10.1 Å². The zero-order valence-corrected chi connectivity index (χ0v) is 13.7. The van der Waals surface area contributed by atoms with E-state index in [0.717, 1.165) is 16.4 Å². The van der Waals surface area contributed by atoms with Gasteiger partial charge in [0, 0.05) is 12.6 Å². The molecule has 1 heterocycles. The van der Waals surface area contributed by atoms with Gasteiger partial charge in [0.1, 0.15) is 0 Å². The Bertz CT molecular complexity index is 957. The van der Waals surface area contributed by atoms with E-state index < -0.39 is 37.5 Å². The number of nitro benzene ring substituents is 1. The molecule has 0 unspecified atom stereocenters. The Morgan fingerprint density at radius 1 is 1.08 bits per heavy atom. The van der Waals surface area contributed by atoms with Gasteiger partial charge in [-0.2, -0.15) is 4.31 Å². The molecule has 0 amide bonds.